The smallest absolute Gasteiger partial charge is 0.101 e. The Hall–Kier alpha value is -1.11. The van der Waals surface area contributed by atoms with Crippen molar-refractivity contribution in [1.82, 2.24) is 0 Å². The fraction of sp³-hybridized carbons (Fsp3) is 0. The standard InChI is InChI=1S/C7H3Cl2N3/c8-4-1-3(2-10)5(9)7(12)6(4)11/h1,11-12H. The summed E-state index contributed by atoms with van der Waals surface area (Å²) < 4.78 is 0. The summed E-state index contributed by atoms with van der Waals surface area (Å²) in [5, 5.41) is 23.1. The largest absolute Gasteiger partial charge is 0.297 e. The van der Waals surface area contributed by atoms with Crippen LogP contribution in [0.3, 0.4) is 0 Å². The first-order chi connectivity index (χ1) is 5.57. The maximum atomic E-state index is 8.52. The van der Waals surface area contributed by atoms with Crippen LogP contribution in [0.2, 0.25) is 0 Å². The van der Waals surface area contributed by atoms with Crippen LogP contribution in [0.25, 0.3) is 0 Å². The molecular formula is C7H3Cl2N3. The molecule has 0 radical (unpaired) electrons. The lowest BCUT2D eigenvalue weighted by Crippen LogP contribution is -2.17. The van der Waals surface area contributed by atoms with Crippen LogP contribution in [-0.2, 0) is 0 Å². The number of allylic oxidation sites excluding steroid dienone is 4. The van der Waals surface area contributed by atoms with Gasteiger partial charge in [0, 0.05) is 0 Å². The third-order valence-electron chi connectivity index (χ3n) is 1.34. The number of hydrogen-bond acceptors (Lipinski definition) is 3. The highest BCUT2D eigenvalue weighted by molar-refractivity contribution is 6.69. The van der Waals surface area contributed by atoms with Crippen LogP contribution >= 0.6 is 23.2 Å². The quantitative estimate of drug-likeness (QED) is 0.578. The highest BCUT2D eigenvalue weighted by Crippen LogP contribution is 2.23. The molecule has 0 saturated heterocycles. The molecule has 1 aliphatic rings. The topological polar surface area (TPSA) is 71.5 Å². The van der Waals surface area contributed by atoms with E-state index < -0.39 is 0 Å². The highest BCUT2D eigenvalue weighted by Gasteiger charge is 2.20. The number of rotatable bonds is 0. The lowest BCUT2D eigenvalue weighted by atomic mass is 10.0. The van der Waals surface area contributed by atoms with Gasteiger partial charge in [-0.2, -0.15) is 5.26 Å². The van der Waals surface area contributed by atoms with E-state index in [1.54, 1.807) is 6.07 Å². The SMILES string of the molecule is N#CC1=C(Cl)C(=N)C(=N)C(Cl)=C1. The first-order valence-electron chi connectivity index (χ1n) is 2.93. The zero-order valence-corrected chi connectivity index (χ0v) is 7.29. The van der Waals surface area contributed by atoms with Crippen molar-refractivity contribution in [2.45, 2.75) is 0 Å². The molecule has 0 amide bonds. The van der Waals surface area contributed by atoms with Crippen molar-refractivity contribution in [1.29, 1.82) is 16.1 Å². The molecule has 3 nitrogen and oxygen atoms in total. The summed E-state index contributed by atoms with van der Waals surface area (Å²) in [7, 11) is 0. The van der Waals surface area contributed by atoms with Crippen LogP contribution in [0, 0.1) is 22.1 Å². The number of nitriles is 1. The van der Waals surface area contributed by atoms with Gasteiger partial charge in [0.25, 0.3) is 0 Å². The van der Waals surface area contributed by atoms with E-state index in [9.17, 15) is 0 Å². The van der Waals surface area contributed by atoms with Crippen LogP contribution in [0.5, 0.6) is 0 Å². The Kier molecular flexibility index (Phi) is 2.32. The molecule has 0 aromatic heterocycles. The predicted octanol–water partition coefficient (Wildman–Crippen LogP) is 2.18. The summed E-state index contributed by atoms with van der Waals surface area (Å²) in [6.07, 6.45) is 1.28. The molecule has 0 heterocycles. The third kappa shape index (κ3) is 1.27. The van der Waals surface area contributed by atoms with E-state index in [-0.39, 0.29) is 27.1 Å². The van der Waals surface area contributed by atoms with Crippen molar-refractivity contribution in [2.75, 3.05) is 0 Å². The van der Waals surface area contributed by atoms with Gasteiger partial charge in [-0.25, -0.2) is 0 Å². The second-order valence-electron chi connectivity index (χ2n) is 2.08. The Bertz CT molecular complexity index is 367. The minimum atomic E-state index is -0.208. The molecule has 5 heteroatoms. The zero-order valence-electron chi connectivity index (χ0n) is 5.78. The summed E-state index contributed by atoms with van der Waals surface area (Å²) in [4.78, 5) is 0. The van der Waals surface area contributed by atoms with E-state index in [4.69, 9.17) is 39.3 Å². The Labute approximate surface area is 78.9 Å². The van der Waals surface area contributed by atoms with E-state index in [1.807, 2.05) is 0 Å². The van der Waals surface area contributed by atoms with Crippen LogP contribution in [-0.4, -0.2) is 11.4 Å². The molecule has 2 N–H and O–H groups in total. The van der Waals surface area contributed by atoms with Gasteiger partial charge in [-0.15, -0.1) is 0 Å². The van der Waals surface area contributed by atoms with Gasteiger partial charge in [-0.1, -0.05) is 23.2 Å². The minimum absolute atomic E-state index is 0.0214. The summed E-state index contributed by atoms with van der Waals surface area (Å²) in [6.45, 7) is 0. The summed E-state index contributed by atoms with van der Waals surface area (Å²) >= 11 is 11.1. The molecule has 0 unspecified atom stereocenters. The van der Waals surface area contributed by atoms with Crippen LogP contribution < -0.4 is 0 Å². The maximum absolute atomic E-state index is 8.52. The van der Waals surface area contributed by atoms with E-state index in [1.165, 1.54) is 6.08 Å². The normalized spacial score (nSPS) is 17.6. The lowest BCUT2D eigenvalue weighted by molar-refractivity contribution is 1.44. The predicted molar refractivity (Wildman–Crippen MR) is 47.9 cm³/mol. The molecule has 0 spiro atoms. The first-order valence-corrected chi connectivity index (χ1v) is 3.68. The zero-order chi connectivity index (χ0) is 9.30. The van der Waals surface area contributed by atoms with Crippen molar-refractivity contribution in [3.05, 3.63) is 21.7 Å². The Balaban J connectivity index is 3.31. The molecular weight excluding hydrogens is 197 g/mol. The molecule has 12 heavy (non-hydrogen) atoms. The Morgan fingerprint density at radius 1 is 1.25 bits per heavy atom. The van der Waals surface area contributed by atoms with Crippen molar-refractivity contribution in [3.8, 4) is 6.07 Å². The van der Waals surface area contributed by atoms with Crippen molar-refractivity contribution in [2.24, 2.45) is 0 Å². The molecule has 60 valence electrons. The second kappa shape index (κ2) is 3.10. The third-order valence-corrected chi connectivity index (χ3v) is 2.03. The van der Waals surface area contributed by atoms with Gasteiger partial charge >= 0.3 is 0 Å². The molecule has 1 aliphatic carbocycles. The number of halogens is 2. The molecule has 0 aromatic rings. The van der Waals surface area contributed by atoms with Crippen LogP contribution in [0.15, 0.2) is 21.7 Å². The van der Waals surface area contributed by atoms with Gasteiger partial charge in [-0.3, -0.25) is 10.8 Å². The molecule has 0 aromatic carbocycles. The molecule has 0 aliphatic heterocycles. The van der Waals surface area contributed by atoms with Crippen molar-refractivity contribution in [3.63, 3.8) is 0 Å². The van der Waals surface area contributed by atoms with Crippen LogP contribution in [0.1, 0.15) is 0 Å². The summed E-state index contributed by atoms with van der Waals surface area (Å²) in [6, 6.07) is 1.78. The van der Waals surface area contributed by atoms with Gasteiger partial charge < -0.3 is 0 Å². The fourth-order valence-electron chi connectivity index (χ4n) is 0.707. The average molecular weight is 200 g/mol. The van der Waals surface area contributed by atoms with E-state index >= 15 is 0 Å². The molecule has 0 atom stereocenters. The molecule has 0 saturated carbocycles. The number of nitrogens with zero attached hydrogens (tertiary/aromatic N) is 1. The molecule has 0 fully saturated rings. The minimum Gasteiger partial charge on any atom is -0.297 e. The van der Waals surface area contributed by atoms with E-state index in [0.717, 1.165) is 0 Å². The van der Waals surface area contributed by atoms with Gasteiger partial charge in [0.15, 0.2) is 0 Å². The number of hydrogen-bond donors (Lipinski definition) is 2. The fourth-order valence-corrected chi connectivity index (χ4v) is 1.10. The lowest BCUT2D eigenvalue weighted by Gasteiger charge is -2.09. The molecule has 1 rings (SSSR count). The van der Waals surface area contributed by atoms with Gasteiger partial charge in [-0.05, 0) is 6.08 Å². The van der Waals surface area contributed by atoms with Crippen LogP contribution in [0.4, 0.5) is 0 Å². The Morgan fingerprint density at radius 2 is 1.83 bits per heavy atom. The monoisotopic (exact) mass is 199 g/mol. The second-order valence-corrected chi connectivity index (χ2v) is 2.87. The van der Waals surface area contributed by atoms with Crippen molar-refractivity contribution < 1.29 is 0 Å². The van der Waals surface area contributed by atoms with Gasteiger partial charge in [0.05, 0.1) is 21.3 Å². The molecule has 0 bridgehead atoms. The summed E-state index contributed by atoms with van der Waals surface area (Å²) in [5.74, 6) is 0. The van der Waals surface area contributed by atoms with Gasteiger partial charge in [0.2, 0.25) is 0 Å². The maximum Gasteiger partial charge on any atom is 0.101 e. The van der Waals surface area contributed by atoms with E-state index in [0.29, 0.717) is 0 Å². The average Bonchev–Trinajstić information content (AvgIpc) is 2.08. The number of nitrogens with one attached hydrogen (secondary N) is 2. The Morgan fingerprint density at radius 3 is 2.33 bits per heavy atom. The van der Waals surface area contributed by atoms with Gasteiger partial charge in [0.1, 0.15) is 11.8 Å². The highest BCUT2D eigenvalue weighted by atomic mass is 35.5. The first kappa shape index (κ1) is 8.98. The summed E-state index contributed by atoms with van der Waals surface area (Å²) in [5.41, 5.74) is -0.232. The van der Waals surface area contributed by atoms with Crippen molar-refractivity contribution >= 4 is 34.6 Å². The van der Waals surface area contributed by atoms with E-state index in [2.05, 4.69) is 0 Å².